The third-order valence-corrected chi connectivity index (χ3v) is 4.98. The molecule has 2 heterocycles. The van der Waals surface area contributed by atoms with Crippen molar-refractivity contribution in [2.45, 2.75) is 13.0 Å². The van der Waals surface area contributed by atoms with Gasteiger partial charge in [0.25, 0.3) is 5.91 Å². The summed E-state index contributed by atoms with van der Waals surface area (Å²) in [4.78, 5) is 28.0. The van der Waals surface area contributed by atoms with Gasteiger partial charge in [0.2, 0.25) is 5.78 Å². The summed E-state index contributed by atoms with van der Waals surface area (Å²) in [5, 5.41) is 13.5. The second-order valence-electron chi connectivity index (χ2n) is 7.02. The normalized spacial score (nSPS) is 18.7. The minimum atomic E-state index is -0.859. The summed E-state index contributed by atoms with van der Waals surface area (Å²) in [5.41, 5.74) is 0.0881. The number of likely N-dealkylation sites (N-methyl/N-ethyl adjacent to an activating group) is 1. The fourth-order valence-electron chi connectivity index (χ4n) is 3.26. The Morgan fingerprint density at radius 2 is 2.07 bits per heavy atom. The van der Waals surface area contributed by atoms with Crippen LogP contribution in [0, 0.1) is 0 Å². The number of hydrogen-bond donors (Lipinski definition) is 1. The minimum Gasteiger partial charge on any atom is -0.872 e. The zero-order chi connectivity index (χ0) is 21.1. The number of hydrogen-bond acceptors (Lipinski definition) is 5. The molecule has 1 amide bonds. The number of ketones is 1. The summed E-state index contributed by atoms with van der Waals surface area (Å²) in [6.45, 7) is 3.19. The van der Waals surface area contributed by atoms with Crippen LogP contribution in [0.5, 0.6) is 5.75 Å². The third kappa shape index (κ3) is 4.16. The minimum absolute atomic E-state index is 0.126. The number of furan rings is 1. The van der Waals surface area contributed by atoms with E-state index in [2.05, 4.69) is 0 Å². The highest BCUT2D eigenvalue weighted by atomic mass is 35.5. The Bertz CT molecular complexity index is 937. The van der Waals surface area contributed by atoms with Crippen LogP contribution in [-0.4, -0.2) is 50.4 Å². The Hall–Kier alpha value is -2.77. The standard InChI is InChI=1S/C21H23ClN2O5/c1-4-28-15-8-7-13(12-14(15)22)19(25)17-18(16-6-5-11-29-16)24(10-9-23(2)3)21(27)20(17)26/h5-8,11-12,18,25H,4,9-10H2,1-3H3/b19-17+. The van der Waals surface area contributed by atoms with E-state index in [0.29, 0.717) is 31.2 Å². The number of nitrogens with zero attached hydrogens (tertiary/aromatic N) is 1. The number of Topliss-reactive ketones (excluding diaryl/α,β-unsaturated/α-hetero) is 1. The average Bonchev–Trinajstić information content (AvgIpc) is 3.29. The molecule has 1 saturated heterocycles. The highest BCUT2D eigenvalue weighted by Crippen LogP contribution is 2.39. The summed E-state index contributed by atoms with van der Waals surface area (Å²) in [5.74, 6) is -1.24. The van der Waals surface area contributed by atoms with Crippen LogP contribution >= 0.6 is 11.6 Å². The number of amides is 1. The number of carbonyl (C=O) groups excluding carboxylic acids is 2. The van der Waals surface area contributed by atoms with Crippen molar-refractivity contribution in [1.82, 2.24) is 4.90 Å². The molecule has 0 radical (unpaired) electrons. The number of nitrogens with one attached hydrogen (secondary N) is 1. The van der Waals surface area contributed by atoms with Gasteiger partial charge in [-0.3, -0.25) is 9.59 Å². The first-order valence-corrected chi connectivity index (χ1v) is 9.74. The lowest BCUT2D eigenvalue weighted by molar-refractivity contribution is -0.857. The molecule has 29 heavy (non-hydrogen) atoms. The molecule has 8 heteroatoms. The summed E-state index contributed by atoms with van der Waals surface area (Å²) in [6.07, 6.45) is 1.45. The summed E-state index contributed by atoms with van der Waals surface area (Å²) in [7, 11) is 3.89. The highest BCUT2D eigenvalue weighted by molar-refractivity contribution is 6.46. The predicted octanol–water partition coefficient (Wildman–Crippen LogP) is 0.700. The lowest BCUT2D eigenvalue weighted by Gasteiger charge is -2.26. The summed E-state index contributed by atoms with van der Waals surface area (Å²) in [6, 6.07) is 7.03. The second kappa shape index (κ2) is 8.71. The molecule has 1 aromatic heterocycles. The zero-order valence-corrected chi connectivity index (χ0v) is 17.3. The lowest BCUT2D eigenvalue weighted by Crippen LogP contribution is -3.06. The Labute approximate surface area is 174 Å². The third-order valence-electron chi connectivity index (χ3n) is 4.69. The highest BCUT2D eigenvalue weighted by Gasteiger charge is 2.45. The van der Waals surface area contributed by atoms with Crippen molar-refractivity contribution in [2.75, 3.05) is 33.8 Å². The van der Waals surface area contributed by atoms with Gasteiger partial charge in [-0.15, -0.1) is 0 Å². The number of likely N-dealkylation sites (tertiary alicyclic amines) is 1. The molecule has 7 nitrogen and oxygen atoms in total. The van der Waals surface area contributed by atoms with Gasteiger partial charge in [-0.25, -0.2) is 0 Å². The maximum atomic E-state index is 13.2. The lowest BCUT2D eigenvalue weighted by atomic mass is 9.99. The SMILES string of the molecule is CCOc1ccc(/C([O-])=C2\C(=O)C(=O)N(CC[NH+](C)C)C2c2ccco2)cc1Cl. The first-order valence-electron chi connectivity index (χ1n) is 9.36. The molecule has 0 spiro atoms. The molecule has 0 saturated carbocycles. The van der Waals surface area contributed by atoms with Crippen molar-refractivity contribution >= 4 is 29.1 Å². The van der Waals surface area contributed by atoms with Crippen LogP contribution in [0.15, 0.2) is 46.6 Å². The van der Waals surface area contributed by atoms with E-state index in [0.717, 1.165) is 4.90 Å². The number of benzene rings is 1. The molecule has 1 aromatic carbocycles. The van der Waals surface area contributed by atoms with E-state index in [-0.39, 0.29) is 16.2 Å². The maximum Gasteiger partial charge on any atom is 0.295 e. The van der Waals surface area contributed by atoms with Gasteiger partial charge in [-0.05, 0) is 36.8 Å². The van der Waals surface area contributed by atoms with E-state index >= 15 is 0 Å². The Balaban J connectivity index is 2.08. The van der Waals surface area contributed by atoms with Gasteiger partial charge in [-0.1, -0.05) is 23.4 Å². The van der Waals surface area contributed by atoms with Gasteiger partial charge in [-0.2, -0.15) is 0 Å². The molecule has 0 aliphatic carbocycles. The van der Waals surface area contributed by atoms with Crippen LogP contribution in [-0.2, 0) is 9.59 Å². The first-order chi connectivity index (χ1) is 13.8. The molecule has 1 aliphatic rings. The largest absolute Gasteiger partial charge is 0.872 e. The van der Waals surface area contributed by atoms with E-state index in [4.69, 9.17) is 20.8 Å². The number of rotatable bonds is 7. The van der Waals surface area contributed by atoms with Crippen molar-refractivity contribution in [3.05, 3.63) is 58.5 Å². The van der Waals surface area contributed by atoms with Gasteiger partial charge in [0.15, 0.2) is 0 Å². The van der Waals surface area contributed by atoms with Gasteiger partial charge in [0.1, 0.15) is 17.6 Å². The molecule has 1 unspecified atom stereocenters. The molecule has 1 N–H and O–H groups in total. The van der Waals surface area contributed by atoms with E-state index in [1.54, 1.807) is 18.2 Å². The van der Waals surface area contributed by atoms with E-state index < -0.39 is 23.5 Å². The number of carbonyl (C=O) groups is 2. The second-order valence-corrected chi connectivity index (χ2v) is 7.43. The van der Waals surface area contributed by atoms with E-state index in [1.807, 2.05) is 21.0 Å². The van der Waals surface area contributed by atoms with E-state index in [1.165, 1.54) is 23.3 Å². The summed E-state index contributed by atoms with van der Waals surface area (Å²) < 4.78 is 10.9. The average molecular weight is 419 g/mol. The Kier molecular flexibility index (Phi) is 6.30. The monoisotopic (exact) mass is 418 g/mol. The van der Waals surface area contributed by atoms with Gasteiger partial charge in [0.05, 0.1) is 45.1 Å². The molecule has 2 aromatic rings. The van der Waals surface area contributed by atoms with Crippen LogP contribution in [0.2, 0.25) is 5.02 Å². The van der Waals surface area contributed by atoms with Gasteiger partial charge < -0.3 is 24.1 Å². The fraction of sp³-hybridized carbons (Fsp3) is 0.333. The Morgan fingerprint density at radius 1 is 1.31 bits per heavy atom. The quantitative estimate of drug-likeness (QED) is 0.406. The molecule has 0 bridgehead atoms. The fourth-order valence-corrected chi connectivity index (χ4v) is 3.49. The van der Waals surface area contributed by atoms with Crippen molar-refractivity contribution in [3.8, 4) is 5.75 Å². The van der Waals surface area contributed by atoms with Crippen molar-refractivity contribution in [1.29, 1.82) is 0 Å². The number of halogens is 1. The van der Waals surface area contributed by atoms with Crippen LogP contribution in [0.25, 0.3) is 5.76 Å². The van der Waals surface area contributed by atoms with Crippen LogP contribution in [0.3, 0.4) is 0 Å². The van der Waals surface area contributed by atoms with Crippen LogP contribution < -0.4 is 14.7 Å². The maximum absolute atomic E-state index is 13.2. The van der Waals surface area contributed by atoms with Gasteiger partial charge in [0, 0.05) is 5.57 Å². The molecule has 3 rings (SSSR count). The van der Waals surface area contributed by atoms with Crippen molar-refractivity contribution in [2.24, 2.45) is 0 Å². The topological polar surface area (TPSA) is 87.2 Å². The number of ether oxygens (including phenoxy) is 1. The first kappa shape index (κ1) is 21.0. The van der Waals surface area contributed by atoms with Crippen molar-refractivity contribution in [3.63, 3.8) is 0 Å². The summed E-state index contributed by atoms with van der Waals surface area (Å²) >= 11 is 6.20. The molecule has 1 fully saturated rings. The predicted molar refractivity (Wildman–Crippen MR) is 105 cm³/mol. The van der Waals surface area contributed by atoms with Crippen LogP contribution in [0.4, 0.5) is 0 Å². The number of quaternary nitrogens is 1. The molecule has 154 valence electrons. The molecule has 1 atom stereocenters. The molecule has 1 aliphatic heterocycles. The zero-order valence-electron chi connectivity index (χ0n) is 16.5. The Morgan fingerprint density at radius 3 is 2.66 bits per heavy atom. The van der Waals surface area contributed by atoms with Crippen LogP contribution in [0.1, 0.15) is 24.3 Å². The molecular weight excluding hydrogens is 396 g/mol. The molecular formula is C21H23ClN2O5. The van der Waals surface area contributed by atoms with Crippen molar-refractivity contribution < 1.29 is 28.7 Å². The van der Waals surface area contributed by atoms with Gasteiger partial charge >= 0.3 is 0 Å². The smallest absolute Gasteiger partial charge is 0.295 e. The van der Waals surface area contributed by atoms with E-state index in [9.17, 15) is 14.7 Å².